The number of rotatable bonds is 5. The van der Waals surface area contributed by atoms with Crippen molar-refractivity contribution in [2.75, 3.05) is 14.2 Å². The number of aryl methyl sites for hydroxylation is 1. The van der Waals surface area contributed by atoms with Crippen LogP contribution in [-0.4, -0.2) is 14.2 Å². The fraction of sp³-hybridized carbons (Fsp3) is 0.250. The van der Waals surface area contributed by atoms with Crippen molar-refractivity contribution in [3.8, 4) is 11.1 Å². The molecular formula is C16H18ClO3P. The lowest BCUT2D eigenvalue weighted by molar-refractivity contribution is 0.275. The zero-order chi connectivity index (χ0) is 15.5. The first-order valence-electron chi connectivity index (χ1n) is 6.53. The van der Waals surface area contributed by atoms with Crippen LogP contribution in [0.4, 0.5) is 0 Å². The standard InChI is InChI=1S/C16H18ClO3P/c1-12-4-9-16(13-5-7-15(17)8-6-13)14(10-12)11-21(18,19-2)20-3/h4-10H,11H2,1-3H3. The van der Waals surface area contributed by atoms with Gasteiger partial charge >= 0.3 is 7.60 Å². The van der Waals surface area contributed by atoms with Crippen LogP contribution in [0.1, 0.15) is 11.1 Å². The number of benzene rings is 2. The molecule has 3 nitrogen and oxygen atoms in total. The summed E-state index contributed by atoms with van der Waals surface area (Å²) in [5, 5.41) is 0.687. The Hall–Kier alpha value is -1.12. The Morgan fingerprint density at radius 2 is 1.67 bits per heavy atom. The second-order valence-electron chi connectivity index (χ2n) is 4.80. The van der Waals surface area contributed by atoms with Gasteiger partial charge in [-0.15, -0.1) is 0 Å². The Morgan fingerprint density at radius 3 is 2.24 bits per heavy atom. The van der Waals surface area contributed by atoms with Gasteiger partial charge in [0.15, 0.2) is 0 Å². The van der Waals surface area contributed by atoms with Crippen molar-refractivity contribution in [2.24, 2.45) is 0 Å². The molecule has 0 fully saturated rings. The summed E-state index contributed by atoms with van der Waals surface area (Å²) in [6.07, 6.45) is 0.236. The highest BCUT2D eigenvalue weighted by molar-refractivity contribution is 7.52. The maximum absolute atomic E-state index is 12.4. The van der Waals surface area contributed by atoms with E-state index >= 15 is 0 Å². The van der Waals surface area contributed by atoms with Crippen molar-refractivity contribution in [2.45, 2.75) is 13.1 Å². The van der Waals surface area contributed by atoms with Crippen molar-refractivity contribution in [1.29, 1.82) is 0 Å². The van der Waals surface area contributed by atoms with Gasteiger partial charge in [0.2, 0.25) is 0 Å². The highest BCUT2D eigenvalue weighted by atomic mass is 35.5. The minimum atomic E-state index is -3.11. The van der Waals surface area contributed by atoms with E-state index in [1.54, 1.807) is 0 Å². The van der Waals surface area contributed by atoms with E-state index in [-0.39, 0.29) is 6.16 Å². The minimum Gasteiger partial charge on any atom is -0.312 e. The van der Waals surface area contributed by atoms with E-state index in [0.717, 1.165) is 22.3 Å². The molecule has 0 radical (unpaired) electrons. The van der Waals surface area contributed by atoms with E-state index in [2.05, 4.69) is 0 Å². The number of hydrogen-bond donors (Lipinski definition) is 0. The molecule has 0 amide bonds. The highest BCUT2D eigenvalue weighted by Crippen LogP contribution is 2.51. The van der Waals surface area contributed by atoms with Gasteiger partial charge in [0.05, 0.1) is 6.16 Å². The molecule has 2 rings (SSSR count). The highest BCUT2D eigenvalue weighted by Gasteiger charge is 2.23. The van der Waals surface area contributed by atoms with Crippen LogP contribution in [0, 0.1) is 6.92 Å². The topological polar surface area (TPSA) is 35.5 Å². The Bertz CT molecular complexity index is 660. The van der Waals surface area contributed by atoms with Crippen molar-refractivity contribution in [1.82, 2.24) is 0 Å². The van der Waals surface area contributed by atoms with Gasteiger partial charge in [0, 0.05) is 19.2 Å². The summed E-state index contributed by atoms with van der Waals surface area (Å²) >= 11 is 5.93. The molecule has 0 N–H and O–H groups in total. The lowest BCUT2D eigenvalue weighted by atomic mass is 9.99. The maximum Gasteiger partial charge on any atom is 0.334 e. The van der Waals surface area contributed by atoms with Crippen LogP contribution in [0.2, 0.25) is 5.02 Å². The fourth-order valence-electron chi connectivity index (χ4n) is 2.18. The molecule has 0 aliphatic rings. The van der Waals surface area contributed by atoms with E-state index in [1.165, 1.54) is 14.2 Å². The van der Waals surface area contributed by atoms with Crippen LogP contribution >= 0.6 is 19.2 Å². The van der Waals surface area contributed by atoms with Gasteiger partial charge in [-0.2, -0.15) is 0 Å². The number of hydrogen-bond acceptors (Lipinski definition) is 3. The van der Waals surface area contributed by atoms with Crippen molar-refractivity contribution in [3.63, 3.8) is 0 Å². The summed E-state index contributed by atoms with van der Waals surface area (Å²) in [5.41, 5.74) is 4.06. The van der Waals surface area contributed by atoms with E-state index in [4.69, 9.17) is 20.6 Å². The quantitative estimate of drug-likeness (QED) is 0.700. The van der Waals surface area contributed by atoms with Gasteiger partial charge in [0.1, 0.15) is 0 Å². The monoisotopic (exact) mass is 324 g/mol. The molecule has 0 aromatic heterocycles. The smallest absolute Gasteiger partial charge is 0.312 e. The van der Waals surface area contributed by atoms with Crippen LogP contribution in [-0.2, 0) is 19.8 Å². The predicted molar refractivity (Wildman–Crippen MR) is 87.0 cm³/mol. The van der Waals surface area contributed by atoms with Crippen molar-refractivity contribution >= 4 is 19.2 Å². The molecule has 0 spiro atoms. The second kappa shape index (κ2) is 6.76. The Balaban J connectivity index is 2.47. The molecule has 2 aromatic rings. The summed E-state index contributed by atoms with van der Waals surface area (Å²) in [7, 11) is -0.296. The van der Waals surface area contributed by atoms with Crippen molar-refractivity contribution < 1.29 is 13.6 Å². The summed E-state index contributed by atoms with van der Waals surface area (Å²) in [4.78, 5) is 0. The molecule has 112 valence electrons. The lowest BCUT2D eigenvalue weighted by Gasteiger charge is -2.17. The third kappa shape index (κ3) is 3.96. The fourth-order valence-corrected chi connectivity index (χ4v) is 3.39. The van der Waals surface area contributed by atoms with E-state index in [1.807, 2.05) is 49.4 Å². The van der Waals surface area contributed by atoms with Crippen LogP contribution in [0.25, 0.3) is 11.1 Å². The van der Waals surface area contributed by atoms with Gasteiger partial charge in [-0.25, -0.2) is 0 Å². The average molecular weight is 325 g/mol. The molecule has 0 bridgehead atoms. The Labute approximate surface area is 130 Å². The summed E-state index contributed by atoms with van der Waals surface area (Å²) in [5.74, 6) is 0. The Kier molecular flexibility index (Phi) is 5.23. The zero-order valence-corrected chi connectivity index (χ0v) is 13.9. The average Bonchev–Trinajstić information content (AvgIpc) is 2.48. The molecule has 0 atom stereocenters. The molecule has 21 heavy (non-hydrogen) atoms. The number of halogens is 1. The van der Waals surface area contributed by atoms with E-state index in [9.17, 15) is 4.57 Å². The maximum atomic E-state index is 12.4. The summed E-state index contributed by atoms with van der Waals surface area (Å²) in [6, 6.07) is 13.6. The van der Waals surface area contributed by atoms with Crippen LogP contribution < -0.4 is 0 Å². The third-order valence-corrected chi connectivity index (χ3v) is 5.43. The van der Waals surface area contributed by atoms with Crippen LogP contribution in [0.15, 0.2) is 42.5 Å². The summed E-state index contributed by atoms with van der Waals surface area (Å²) in [6.45, 7) is 2.00. The predicted octanol–water partition coefficient (Wildman–Crippen LogP) is 5.30. The molecular weight excluding hydrogens is 307 g/mol. The van der Waals surface area contributed by atoms with E-state index < -0.39 is 7.60 Å². The lowest BCUT2D eigenvalue weighted by Crippen LogP contribution is -1.97. The van der Waals surface area contributed by atoms with Gasteiger partial charge < -0.3 is 9.05 Å². The van der Waals surface area contributed by atoms with Gasteiger partial charge in [0.25, 0.3) is 0 Å². The van der Waals surface area contributed by atoms with Gasteiger partial charge in [-0.05, 0) is 35.7 Å². The Morgan fingerprint density at radius 1 is 1.05 bits per heavy atom. The molecule has 2 aromatic carbocycles. The molecule has 0 saturated carbocycles. The second-order valence-corrected chi connectivity index (χ2v) is 7.51. The molecule has 0 unspecified atom stereocenters. The molecule has 0 aliphatic heterocycles. The first-order valence-corrected chi connectivity index (χ1v) is 8.64. The SMILES string of the molecule is COP(=O)(Cc1cc(C)ccc1-c1ccc(Cl)cc1)OC. The van der Waals surface area contributed by atoms with Crippen LogP contribution in [0.3, 0.4) is 0 Å². The zero-order valence-electron chi connectivity index (χ0n) is 12.3. The molecule has 0 aliphatic carbocycles. The van der Waals surface area contributed by atoms with Crippen LogP contribution in [0.5, 0.6) is 0 Å². The normalized spacial score (nSPS) is 11.6. The molecule has 5 heteroatoms. The van der Waals surface area contributed by atoms with Crippen molar-refractivity contribution in [3.05, 3.63) is 58.6 Å². The summed E-state index contributed by atoms with van der Waals surface area (Å²) < 4.78 is 22.5. The first kappa shape index (κ1) is 16.3. The molecule has 0 heterocycles. The third-order valence-electron chi connectivity index (χ3n) is 3.34. The minimum absolute atomic E-state index is 0.236. The van der Waals surface area contributed by atoms with Gasteiger partial charge in [-0.1, -0.05) is 47.5 Å². The first-order chi connectivity index (χ1) is 9.97. The largest absolute Gasteiger partial charge is 0.334 e. The van der Waals surface area contributed by atoms with Gasteiger partial charge in [-0.3, -0.25) is 4.57 Å². The molecule has 0 saturated heterocycles. The van der Waals surface area contributed by atoms with E-state index in [0.29, 0.717) is 5.02 Å².